The highest BCUT2D eigenvalue weighted by Gasteiger charge is 2.25. The fourth-order valence-electron chi connectivity index (χ4n) is 2.48. The number of hydrogen-bond donors (Lipinski definition) is 1. The molecule has 2 atom stereocenters. The summed E-state index contributed by atoms with van der Waals surface area (Å²) in [7, 11) is 1.61. The van der Waals surface area contributed by atoms with E-state index in [0.717, 1.165) is 18.4 Å². The first-order valence-corrected chi connectivity index (χ1v) is 7.78. The Morgan fingerprint density at radius 2 is 2.09 bits per heavy atom. The van der Waals surface area contributed by atoms with Crippen LogP contribution in [0.3, 0.4) is 0 Å². The Morgan fingerprint density at radius 1 is 1.32 bits per heavy atom. The number of hydrogen-bond acceptors (Lipinski definition) is 4. The summed E-state index contributed by atoms with van der Waals surface area (Å²) in [6.07, 6.45) is 1.51. The molecule has 1 aliphatic rings. The molecule has 1 amide bonds. The van der Waals surface area contributed by atoms with Crippen LogP contribution < -0.4 is 14.8 Å². The zero-order chi connectivity index (χ0) is 16.1. The predicted octanol–water partition coefficient (Wildman–Crippen LogP) is 2.84. The average Bonchev–Trinajstić information content (AvgIpc) is 3.01. The van der Waals surface area contributed by atoms with Crippen LogP contribution in [0, 0.1) is 0 Å². The lowest BCUT2D eigenvalue weighted by Gasteiger charge is -2.19. The molecule has 0 spiro atoms. The van der Waals surface area contributed by atoms with Crippen LogP contribution in [0.1, 0.15) is 45.2 Å². The van der Waals surface area contributed by atoms with Crippen LogP contribution in [0.15, 0.2) is 18.2 Å². The second-order valence-electron chi connectivity index (χ2n) is 5.81. The van der Waals surface area contributed by atoms with Gasteiger partial charge in [0.1, 0.15) is 6.10 Å². The molecule has 122 valence electrons. The lowest BCUT2D eigenvalue weighted by Crippen LogP contribution is -2.35. The maximum Gasteiger partial charge on any atom is 0.249 e. The minimum atomic E-state index is -0.312. The van der Waals surface area contributed by atoms with E-state index in [2.05, 4.69) is 5.32 Å². The van der Waals surface area contributed by atoms with E-state index in [-0.39, 0.29) is 24.2 Å². The Labute approximate surface area is 131 Å². The first kappa shape index (κ1) is 16.6. The van der Waals surface area contributed by atoms with Gasteiger partial charge >= 0.3 is 0 Å². The van der Waals surface area contributed by atoms with Crippen LogP contribution >= 0.6 is 0 Å². The van der Waals surface area contributed by atoms with E-state index in [1.807, 2.05) is 39.0 Å². The van der Waals surface area contributed by atoms with Crippen LogP contribution in [0.25, 0.3) is 0 Å². The van der Waals surface area contributed by atoms with Crippen LogP contribution in [0.2, 0.25) is 0 Å². The highest BCUT2D eigenvalue weighted by atomic mass is 16.5. The molecule has 22 heavy (non-hydrogen) atoms. The smallest absolute Gasteiger partial charge is 0.249 e. The molecule has 0 unspecified atom stereocenters. The van der Waals surface area contributed by atoms with Gasteiger partial charge in [0.2, 0.25) is 5.91 Å². The number of methoxy groups -OCH3 is 1. The van der Waals surface area contributed by atoms with Crippen molar-refractivity contribution in [3.05, 3.63) is 23.8 Å². The number of rotatable bonds is 6. The van der Waals surface area contributed by atoms with E-state index in [1.165, 1.54) is 0 Å². The Hall–Kier alpha value is -1.75. The van der Waals surface area contributed by atoms with Crippen molar-refractivity contribution in [1.82, 2.24) is 5.32 Å². The van der Waals surface area contributed by atoms with Crippen LogP contribution in [0.4, 0.5) is 0 Å². The van der Waals surface area contributed by atoms with E-state index in [9.17, 15) is 4.79 Å². The quantitative estimate of drug-likeness (QED) is 0.878. The molecule has 1 aromatic rings. The van der Waals surface area contributed by atoms with Crippen molar-refractivity contribution in [3.63, 3.8) is 0 Å². The fourth-order valence-corrected chi connectivity index (χ4v) is 2.48. The molecule has 1 saturated heterocycles. The molecular weight excluding hydrogens is 282 g/mol. The normalized spacial score (nSPS) is 19.0. The summed E-state index contributed by atoms with van der Waals surface area (Å²) in [5.41, 5.74) is 0.972. The molecule has 1 aliphatic heterocycles. The van der Waals surface area contributed by atoms with Crippen molar-refractivity contribution in [2.24, 2.45) is 0 Å². The maximum atomic E-state index is 12.1. The van der Waals surface area contributed by atoms with Gasteiger partial charge in [-0.2, -0.15) is 0 Å². The van der Waals surface area contributed by atoms with Gasteiger partial charge in [-0.15, -0.1) is 0 Å². The van der Waals surface area contributed by atoms with E-state index in [1.54, 1.807) is 7.11 Å². The lowest BCUT2D eigenvalue weighted by atomic mass is 10.1. The van der Waals surface area contributed by atoms with Crippen molar-refractivity contribution < 1.29 is 19.0 Å². The van der Waals surface area contributed by atoms with Crippen LogP contribution in [0.5, 0.6) is 11.5 Å². The first-order chi connectivity index (χ1) is 10.5. The minimum Gasteiger partial charge on any atom is -0.493 e. The Morgan fingerprint density at radius 3 is 2.68 bits per heavy atom. The standard InChI is InChI=1S/C17H25NO4/c1-11(2)22-14-8-7-13(10-16(14)20-4)12(3)18-17(19)15-6-5-9-21-15/h7-8,10-12,15H,5-6,9H2,1-4H3,(H,18,19)/t12-,15-/m1/s1. The first-order valence-electron chi connectivity index (χ1n) is 7.78. The van der Waals surface area contributed by atoms with Crippen molar-refractivity contribution >= 4 is 5.91 Å². The SMILES string of the molecule is COc1cc([C@@H](C)NC(=O)[C@H]2CCCO2)ccc1OC(C)C. The molecule has 1 heterocycles. The van der Waals surface area contributed by atoms with Gasteiger partial charge < -0.3 is 19.5 Å². The number of benzene rings is 1. The number of ether oxygens (including phenoxy) is 3. The fraction of sp³-hybridized carbons (Fsp3) is 0.588. The molecule has 1 fully saturated rings. The summed E-state index contributed by atoms with van der Waals surface area (Å²) >= 11 is 0. The zero-order valence-electron chi connectivity index (χ0n) is 13.7. The molecule has 0 saturated carbocycles. The molecule has 0 aliphatic carbocycles. The van der Waals surface area contributed by atoms with Gasteiger partial charge in [0.05, 0.1) is 19.3 Å². The molecule has 1 N–H and O–H groups in total. The van der Waals surface area contributed by atoms with Gasteiger partial charge in [0.25, 0.3) is 0 Å². The van der Waals surface area contributed by atoms with E-state index in [0.29, 0.717) is 18.1 Å². The second kappa shape index (κ2) is 7.49. The molecule has 2 rings (SSSR count). The average molecular weight is 307 g/mol. The summed E-state index contributed by atoms with van der Waals surface area (Å²) in [6, 6.07) is 5.61. The molecule has 0 aromatic heterocycles. The van der Waals surface area contributed by atoms with Crippen LogP contribution in [-0.4, -0.2) is 31.8 Å². The second-order valence-corrected chi connectivity index (χ2v) is 5.81. The van der Waals surface area contributed by atoms with E-state index in [4.69, 9.17) is 14.2 Å². The molecule has 5 heteroatoms. The largest absolute Gasteiger partial charge is 0.493 e. The summed E-state index contributed by atoms with van der Waals surface area (Å²) < 4.78 is 16.5. The third-order valence-electron chi connectivity index (χ3n) is 3.63. The summed E-state index contributed by atoms with van der Waals surface area (Å²) in [5.74, 6) is 1.33. The van der Waals surface area contributed by atoms with E-state index < -0.39 is 0 Å². The van der Waals surface area contributed by atoms with Crippen LogP contribution in [-0.2, 0) is 9.53 Å². The van der Waals surface area contributed by atoms with Gasteiger partial charge in [-0.25, -0.2) is 0 Å². The molecule has 0 radical (unpaired) electrons. The van der Waals surface area contributed by atoms with Gasteiger partial charge in [0, 0.05) is 6.61 Å². The van der Waals surface area contributed by atoms with E-state index >= 15 is 0 Å². The Kier molecular flexibility index (Phi) is 5.66. The monoisotopic (exact) mass is 307 g/mol. The lowest BCUT2D eigenvalue weighted by molar-refractivity contribution is -0.130. The number of carbonyl (C=O) groups excluding carboxylic acids is 1. The summed E-state index contributed by atoms with van der Waals surface area (Å²) in [5, 5.41) is 2.99. The van der Waals surface area contributed by atoms with Gasteiger partial charge in [-0.1, -0.05) is 6.07 Å². The molecular formula is C17H25NO4. The van der Waals surface area contributed by atoms with Crippen molar-refractivity contribution in [2.45, 2.75) is 51.9 Å². The summed E-state index contributed by atoms with van der Waals surface area (Å²) in [4.78, 5) is 12.1. The number of carbonyl (C=O) groups is 1. The Balaban J connectivity index is 2.05. The number of amides is 1. The van der Waals surface area contributed by atoms with Gasteiger partial charge in [0.15, 0.2) is 11.5 Å². The topological polar surface area (TPSA) is 56.8 Å². The predicted molar refractivity (Wildman–Crippen MR) is 84.3 cm³/mol. The van der Waals surface area contributed by atoms with Crippen molar-refractivity contribution in [2.75, 3.05) is 13.7 Å². The third-order valence-corrected chi connectivity index (χ3v) is 3.63. The van der Waals surface area contributed by atoms with Crippen molar-refractivity contribution in [3.8, 4) is 11.5 Å². The Bertz CT molecular complexity index is 509. The van der Waals surface area contributed by atoms with Gasteiger partial charge in [-0.05, 0) is 51.3 Å². The zero-order valence-corrected chi connectivity index (χ0v) is 13.7. The minimum absolute atomic E-state index is 0.0496. The van der Waals surface area contributed by atoms with Crippen molar-refractivity contribution in [1.29, 1.82) is 0 Å². The highest BCUT2D eigenvalue weighted by molar-refractivity contribution is 5.81. The summed E-state index contributed by atoms with van der Waals surface area (Å²) in [6.45, 7) is 6.56. The molecule has 5 nitrogen and oxygen atoms in total. The molecule has 1 aromatic carbocycles. The van der Waals surface area contributed by atoms with Gasteiger partial charge in [-0.3, -0.25) is 4.79 Å². The molecule has 0 bridgehead atoms. The highest BCUT2D eigenvalue weighted by Crippen LogP contribution is 2.31. The third kappa shape index (κ3) is 4.13. The number of nitrogens with one attached hydrogen (secondary N) is 1. The maximum absolute atomic E-state index is 12.1.